The molecule has 1 aliphatic carbocycles. The monoisotopic (exact) mass is 290 g/mol. The summed E-state index contributed by atoms with van der Waals surface area (Å²) in [6.45, 7) is 2.91. The van der Waals surface area contributed by atoms with Crippen LogP contribution in [0.5, 0.6) is 5.75 Å². The van der Waals surface area contributed by atoms with Gasteiger partial charge in [0, 0.05) is 0 Å². The van der Waals surface area contributed by atoms with Gasteiger partial charge in [-0.15, -0.1) is 0 Å². The topological polar surface area (TPSA) is 38.7 Å². The number of rotatable bonds is 8. The molecule has 1 aliphatic rings. The van der Waals surface area contributed by atoms with Crippen LogP contribution in [-0.4, -0.2) is 31.0 Å². The van der Waals surface area contributed by atoms with Crippen LogP contribution in [0.25, 0.3) is 0 Å². The Morgan fingerprint density at radius 3 is 2.86 bits per heavy atom. The normalized spacial score (nSPS) is 17.4. The van der Waals surface area contributed by atoms with Gasteiger partial charge in [-0.2, -0.15) is 0 Å². The molecule has 3 nitrogen and oxygen atoms in total. The van der Waals surface area contributed by atoms with Crippen LogP contribution in [0, 0.1) is 12.8 Å². The summed E-state index contributed by atoms with van der Waals surface area (Å²) in [6.07, 6.45) is 9.48. The van der Waals surface area contributed by atoms with Gasteiger partial charge in [-0.3, -0.25) is 0 Å². The molecule has 1 aromatic rings. The maximum absolute atomic E-state index is 8.93. The SMILES string of the molecule is Cc1cccc(OCC(/C=C/C2CCCC2)OCCO)c1. The average molecular weight is 290 g/mol. The number of hydrogen-bond donors (Lipinski definition) is 1. The maximum Gasteiger partial charge on any atom is 0.119 e. The lowest BCUT2D eigenvalue weighted by atomic mass is 10.1. The lowest BCUT2D eigenvalue weighted by Gasteiger charge is -2.16. The van der Waals surface area contributed by atoms with E-state index in [1.165, 1.54) is 31.2 Å². The number of aliphatic hydroxyl groups is 1. The van der Waals surface area contributed by atoms with E-state index >= 15 is 0 Å². The van der Waals surface area contributed by atoms with Crippen LogP contribution < -0.4 is 4.74 Å². The standard InChI is InChI=1S/C18H26O3/c1-15-5-4-8-17(13-15)21-14-18(20-12-11-19)10-9-16-6-2-3-7-16/h4-5,8-10,13,16,18-19H,2-3,6-7,11-12,14H2,1H3/b10-9+. The van der Waals surface area contributed by atoms with Gasteiger partial charge in [0.2, 0.25) is 0 Å². The minimum atomic E-state index is -0.0988. The third-order valence-corrected chi connectivity index (χ3v) is 3.82. The predicted molar refractivity (Wildman–Crippen MR) is 84.6 cm³/mol. The number of aryl methyl sites for hydroxylation is 1. The summed E-state index contributed by atoms with van der Waals surface area (Å²) >= 11 is 0. The smallest absolute Gasteiger partial charge is 0.119 e. The van der Waals surface area contributed by atoms with Gasteiger partial charge in [0.25, 0.3) is 0 Å². The van der Waals surface area contributed by atoms with E-state index in [4.69, 9.17) is 14.6 Å². The zero-order valence-electron chi connectivity index (χ0n) is 12.8. The zero-order valence-corrected chi connectivity index (χ0v) is 12.8. The fourth-order valence-corrected chi connectivity index (χ4v) is 2.68. The molecular formula is C18H26O3. The lowest BCUT2D eigenvalue weighted by Crippen LogP contribution is -2.21. The number of hydrogen-bond acceptors (Lipinski definition) is 3. The average Bonchev–Trinajstić information content (AvgIpc) is 3.00. The second kappa shape index (κ2) is 8.85. The molecule has 3 heteroatoms. The molecule has 0 radical (unpaired) electrons. The van der Waals surface area contributed by atoms with Gasteiger partial charge in [0.15, 0.2) is 0 Å². The first kappa shape index (κ1) is 16.1. The van der Waals surface area contributed by atoms with Crippen molar-refractivity contribution in [3.8, 4) is 5.75 Å². The zero-order chi connectivity index (χ0) is 14.9. The maximum atomic E-state index is 8.93. The second-order valence-corrected chi connectivity index (χ2v) is 5.69. The second-order valence-electron chi connectivity index (χ2n) is 5.69. The molecule has 0 heterocycles. The highest BCUT2D eigenvalue weighted by Crippen LogP contribution is 2.26. The molecule has 0 amide bonds. The Morgan fingerprint density at radius 1 is 1.33 bits per heavy atom. The number of allylic oxidation sites excluding steroid dienone is 1. The number of ether oxygens (including phenoxy) is 2. The van der Waals surface area contributed by atoms with Crippen LogP contribution in [0.4, 0.5) is 0 Å². The fourth-order valence-electron chi connectivity index (χ4n) is 2.68. The summed E-state index contributed by atoms with van der Waals surface area (Å²) in [5.41, 5.74) is 1.18. The largest absolute Gasteiger partial charge is 0.491 e. The first-order valence-electron chi connectivity index (χ1n) is 7.88. The third-order valence-electron chi connectivity index (χ3n) is 3.82. The van der Waals surface area contributed by atoms with Crippen molar-refractivity contribution >= 4 is 0 Å². The van der Waals surface area contributed by atoms with Crippen LogP contribution in [0.3, 0.4) is 0 Å². The number of benzene rings is 1. The van der Waals surface area contributed by atoms with E-state index in [9.17, 15) is 0 Å². The Kier molecular flexibility index (Phi) is 6.77. The highest BCUT2D eigenvalue weighted by atomic mass is 16.5. The summed E-state index contributed by atoms with van der Waals surface area (Å²) in [4.78, 5) is 0. The summed E-state index contributed by atoms with van der Waals surface area (Å²) in [6, 6.07) is 8.01. The van der Waals surface area contributed by atoms with Gasteiger partial charge < -0.3 is 14.6 Å². The van der Waals surface area contributed by atoms with E-state index in [2.05, 4.69) is 12.2 Å². The van der Waals surface area contributed by atoms with E-state index in [-0.39, 0.29) is 12.7 Å². The van der Waals surface area contributed by atoms with Crippen molar-refractivity contribution in [2.24, 2.45) is 5.92 Å². The van der Waals surface area contributed by atoms with Crippen LogP contribution in [0.2, 0.25) is 0 Å². The number of aliphatic hydroxyl groups excluding tert-OH is 1. The van der Waals surface area contributed by atoms with Gasteiger partial charge in [0.05, 0.1) is 13.2 Å². The molecule has 1 N–H and O–H groups in total. The first-order chi connectivity index (χ1) is 10.3. The molecule has 1 atom stereocenters. The first-order valence-corrected chi connectivity index (χ1v) is 7.88. The van der Waals surface area contributed by atoms with Crippen molar-refractivity contribution in [1.82, 2.24) is 0 Å². The molecule has 1 fully saturated rings. The van der Waals surface area contributed by atoms with Crippen molar-refractivity contribution in [2.45, 2.75) is 38.7 Å². The lowest BCUT2D eigenvalue weighted by molar-refractivity contribution is 0.0285. The van der Waals surface area contributed by atoms with Crippen LogP contribution in [0.1, 0.15) is 31.2 Å². The Morgan fingerprint density at radius 2 is 2.14 bits per heavy atom. The molecule has 1 aromatic carbocycles. The minimum absolute atomic E-state index is 0.0399. The highest BCUT2D eigenvalue weighted by Gasteiger charge is 2.13. The van der Waals surface area contributed by atoms with Crippen molar-refractivity contribution in [3.63, 3.8) is 0 Å². The van der Waals surface area contributed by atoms with Crippen LogP contribution in [0.15, 0.2) is 36.4 Å². The molecule has 0 aliphatic heterocycles. The summed E-state index contributed by atoms with van der Waals surface area (Å²) in [5, 5.41) is 8.93. The highest BCUT2D eigenvalue weighted by molar-refractivity contribution is 5.27. The van der Waals surface area contributed by atoms with Gasteiger partial charge in [-0.05, 0) is 43.4 Å². The van der Waals surface area contributed by atoms with Crippen LogP contribution >= 0.6 is 0 Å². The fraction of sp³-hybridized carbons (Fsp3) is 0.556. The minimum Gasteiger partial charge on any atom is -0.491 e. The van der Waals surface area contributed by atoms with Gasteiger partial charge in [0.1, 0.15) is 18.5 Å². The Labute approximate surface area is 127 Å². The Bertz CT molecular complexity index is 436. The van der Waals surface area contributed by atoms with Gasteiger partial charge >= 0.3 is 0 Å². The molecular weight excluding hydrogens is 264 g/mol. The molecule has 1 saturated carbocycles. The molecule has 0 aromatic heterocycles. The Balaban J connectivity index is 1.85. The molecule has 21 heavy (non-hydrogen) atoms. The van der Waals surface area contributed by atoms with Crippen molar-refractivity contribution in [3.05, 3.63) is 42.0 Å². The molecule has 116 valence electrons. The van der Waals surface area contributed by atoms with Crippen molar-refractivity contribution in [2.75, 3.05) is 19.8 Å². The van der Waals surface area contributed by atoms with Crippen molar-refractivity contribution < 1.29 is 14.6 Å². The van der Waals surface area contributed by atoms with Gasteiger partial charge in [-0.25, -0.2) is 0 Å². The summed E-state index contributed by atoms with van der Waals surface area (Å²) in [7, 11) is 0. The van der Waals surface area contributed by atoms with E-state index in [1.54, 1.807) is 0 Å². The van der Waals surface area contributed by atoms with E-state index in [0.29, 0.717) is 19.1 Å². The Hall–Kier alpha value is -1.32. The van der Waals surface area contributed by atoms with Crippen LogP contribution in [-0.2, 0) is 4.74 Å². The van der Waals surface area contributed by atoms with E-state index < -0.39 is 0 Å². The molecule has 0 bridgehead atoms. The van der Waals surface area contributed by atoms with Crippen molar-refractivity contribution in [1.29, 1.82) is 0 Å². The summed E-state index contributed by atoms with van der Waals surface area (Å²) in [5.74, 6) is 1.55. The quantitative estimate of drug-likeness (QED) is 0.745. The molecule has 0 saturated heterocycles. The molecule has 0 spiro atoms. The van der Waals surface area contributed by atoms with E-state index in [1.807, 2.05) is 31.2 Å². The summed E-state index contributed by atoms with van der Waals surface area (Å²) < 4.78 is 11.4. The molecule has 1 unspecified atom stereocenters. The third kappa shape index (κ3) is 5.90. The van der Waals surface area contributed by atoms with Gasteiger partial charge in [-0.1, -0.05) is 37.1 Å². The van der Waals surface area contributed by atoms with E-state index in [0.717, 1.165) is 5.75 Å². The predicted octanol–water partition coefficient (Wildman–Crippen LogP) is 3.50. The molecule has 2 rings (SSSR count).